The van der Waals surface area contributed by atoms with Crippen LogP contribution in [0.25, 0.3) is 22.4 Å². The van der Waals surface area contributed by atoms with Gasteiger partial charge in [0.2, 0.25) is 0 Å². The van der Waals surface area contributed by atoms with Crippen LogP contribution in [-0.4, -0.2) is 0 Å². The molecule has 7 rings (SSSR count). The Morgan fingerprint density at radius 1 is 0.581 bits per heavy atom. The Hall–Kier alpha value is -5.24. The standard InChI is InChI=1S/C42H33N/c1-30-16-8-9-17-31-18-13-15-26-38(31)42(30)39-27-7-3-6-21-33(41(43)32-19-4-2-5-20-32)22-12-14-25-36(39)37-28-34-23-10-11-24-35(34)29-40(37)42/h2-29,41H,1,43H2/b6-3+,7-3?,14-12?,16-8-,17-9-,21-6?,22-12-,25-14-,27-7+,33-21+,33-22?,36-25?,39-27?. The first-order valence-electron chi connectivity index (χ1n) is 14.8. The van der Waals surface area contributed by atoms with E-state index in [2.05, 4.69) is 152 Å². The van der Waals surface area contributed by atoms with Gasteiger partial charge >= 0.3 is 0 Å². The topological polar surface area (TPSA) is 26.0 Å². The Morgan fingerprint density at radius 3 is 2.12 bits per heavy atom. The maximum absolute atomic E-state index is 6.71. The minimum absolute atomic E-state index is 0.214. The molecule has 1 nitrogen and oxygen atoms in total. The Bertz CT molecular complexity index is 1990. The van der Waals surface area contributed by atoms with Crippen molar-refractivity contribution < 1.29 is 0 Å². The lowest BCUT2D eigenvalue weighted by Crippen LogP contribution is -2.30. The lowest BCUT2D eigenvalue weighted by molar-refractivity contribution is 0.761. The lowest BCUT2D eigenvalue weighted by atomic mass is 9.64. The molecular formula is C42H33N. The summed E-state index contributed by atoms with van der Waals surface area (Å²) in [6.45, 7) is 4.74. The first-order chi connectivity index (χ1) is 21.2. The van der Waals surface area contributed by atoms with Crippen LogP contribution < -0.4 is 5.73 Å². The minimum Gasteiger partial charge on any atom is -0.320 e. The number of hydrogen-bond acceptors (Lipinski definition) is 1. The quantitative estimate of drug-likeness (QED) is 0.264. The zero-order valence-corrected chi connectivity index (χ0v) is 24.0. The van der Waals surface area contributed by atoms with E-state index < -0.39 is 5.41 Å². The van der Waals surface area contributed by atoms with E-state index in [-0.39, 0.29) is 6.04 Å². The highest BCUT2D eigenvalue weighted by atomic mass is 14.6. The zero-order chi connectivity index (χ0) is 29.2. The fourth-order valence-electron chi connectivity index (χ4n) is 6.73. The highest BCUT2D eigenvalue weighted by Gasteiger charge is 2.47. The predicted molar refractivity (Wildman–Crippen MR) is 183 cm³/mol. The van der Waals surface area contributed by atoms with Gasteiger partial charge in [0.05, 0.1) is 11.5 Å². The summed E-state index contributed by atoms with van der Waals surface area (Å²) in [4.78, 5) is 0. The average molecular weight is 552 g/mol. The van der Waals surface area contributed by atoms with Crippen molar-refractivity contribution in [3.63, 3.8) is 0 Å². The number of rotatable bonds is 2. The van der Waals surface area contributed by atoms with Gasteiger partial charge in [-0.05, 0) is 73.0 Å². The molecule has 0 aliphatic heterocycles. The monoisotopic (exact) mass is 551 g/mol. The molecular weight excluding hydrogens is 518 g/mol. The highest BCUT2D eigenvalue weighted by molar-refractivity contribution is 5.98. The Morgan fingerprint density at radius 2 is 1.26 bits per heavy atom. The van der Waals surface area contributed by atoms with Crippen molar-refractivity contribution in [2.75, 3.05) is 0 Å². The van der Waals surface area contributed by atoms with Gasteiger partial charge in [-0.2, -0.15) is 0 Å². The van der Waals surface area contributed by atoms with E-state index in [0.717, 1.165) is 16.7 Å². The van der Waals surface area contributed by atoms with Gasteiger partial charge in [-0.15, -0.1) is 0 Å². The van der Waals surface area contributed by atoms with Gasteiger partial charge in [-0.25, -0.2) is 0 Å². The van der Waals surface area contributed by atoms with E-state index in [4.69, 9.17) is 12.3 Å². The van der Waals surface area contributed by atoms with E-state index in [1.54, 1.807) is 0 Å². The van der Waals surface area contributed by atoms with Crippen LogP contribution in [0.15, 0.2) is 187 Å². The van der Waals surface area contributed by atoms with E-state index in [9.17, 15) is 0 Å². The Kier molecular flexibility index (Phi) is 6.95. The van der Waals surface area contributed by atoms with Crippen LogP contribution in [0.4, 0.5) is 0 Å². The molecule has 3 aliphatic carbocycles. The molecule has 3 aliphatic rings. The van der Waals surface area contributed by atoms with Crippen LogP contribution in [0.1, 0.15) is 33.9 Å². The van der Waals surface area contributed by atoms with Crippen LogP contribution in [0, 0.1) is 0 Å². The van der Waals surface area contributed by atoms with Crippen LogP contribution >= 0.6 is 0 Å². The van der Waals surface area contributed by atoms with Gasteiger partial charge in [0.25, 0.3) is 0 Å². The fraction of sp³-hybridized carbons (Fsp3) is 0.0476. The third kappa shape index (κ3) is 4.55. The van der Waals surface area contributed by atoms with Crippen molar-refractivity contribution in [3.8, 4) is 0 Å². The molecule has 0 saturated carbocycles. The summed E-state index contributed by atoms with van der Waals surface area (Å²) in [6, 6.07) is 32.1. The Labute approximate surface area is 254 Å². The van der Waals surface area contributed by atoms with Gasteiger partial charge in [0, 0.05) is 0 Å². The summed E-state index contributed by atoms with van der Waals surface area (Å²) in [7, 11) is 0. The molecule has 0 bridgehead atoms. The molecule has 2 unspecified atom stereocenters. The first kappa shape index (κ1) is 26.6. The molecule has 4 aromatic rings. The summed E-state index contributed by atoms with van der Waals surface area (Å²) >= 11 is 0. The Balaban J connectivity index is 1.46. The van der Waals surface area contributed by atoms with E-state index in [0.29, 0.717) is 0 Å². The largest absolute Gasteiger partial charge is 0.320 e. The summed E-state index contributed by atoms with van der Waals surface area (Å²) < 4.78 is 0. The van der Waals surface area contributed by atoms with Crippen LogP contribution in [-0.2, 0) is 5.41 Å². The summed E-state index contributed by atoms with van der Waals surface area (Å²) in [5.74, 6) is 0. The molecule has 0 radical (unpaired) electrons. The van der Waals surface area contributed by atoms with Crippen molar-refractivity contribution >= 4 is 22.4 Å². The van der Waals surface area contributed by atoms with E-state index in [1.807, 2.05) is 18.2 Å². The SMILES string of the molecule is C=C1/C=C\C=C/c2ccccc2C12C1=C(\C=C/C=C\C(C(N)c3ccccc3)=C/C=C/C=C/1)c1cc3ccccc3cc12. The van der Waals surface area contributed by atoms with Crippen molar-refractivity contribution in [2.24, 2.45) is 5.73 Å². The van der Waals surface area contributed by atoms with Crippen molar-refractivity contribution in [2.45, 2.75) is 11.5 Å². The summed E-state index contributed by atoms with van der Waals surface area (Å²) in [5.41, 5.74) is 16.7. The number of nitrogens with two attached hydrogens (primary N) is 1. The second-order valence-corrected chi connectivity index (χ2v) is 11.2. The van der Waals surface area contributed by atoms with E-state index >= 15 is 0 Å². The molecule has 206 valence electrons. The van der Waals surface area contributed by atoms with Crippen molar-refractivity contribution in [3.05, 3.63) is 215 Å². The van der Waals surface area contributed by atoms with Crippen LogP contribution in [0.3, 0.4) is 0 Å². The number of benzene rings is 4. The molecule has 0 amide bonds. The highest BCUT2D eigenvalue weighted by Crippen LogP contribution is 2.57. The maximum Gasteiger partial charge on any atom is 0.0713 e. The molecule has 0 aromatic heterocycles. The fourth-order valence-corrected chi connectivity index (χ4v) is 6.73. The molecule has 4 aromatic carbocycles. The van der Waals surface area contributed by atoms with Crippen LogP contribution in [0.2, 0.25) is 0 Å². The number of fused-ring (bicyclic) bond motifs is 7. The van der Waals surface area contributed by atoms with Gasteiger partial charge in [-0.3, -0.25) is 0 Å². The minimum atomic E-state index is -0.550. The predicted octanol–water partition coefficient (Wildman–Crippen LogP) is 9.90. The smallest absolute Gasteiger partial charge is 0.0713 e. The normalized spacial score (nSPS) is 25.4. The molecule has 2 atom stereocenters. The average Bonchev–Trinajstić information content (AvgIpc) is 3.30. The summed E-state index contributed by atoms with van der Waals surface area (Å²) in [6.07, 6.45) is 27.9. The molecule has 0 saturated heterocycles. The second kappa shape index (κ2) is 11.2. The van der Waals surface area contributed by atoms with Gasteiger partial charge in [-0.1, -0.05) is 164 Å². The number of allylic oxidation sites excluding steroid dienone is 14. The second-order valence-electron chi connectivity index (χ2n) is 11.2. The van der Waals surface area contributed by atoms with Gasteiger partial charge in [0.1, 0.15) is 0 Å². The zero-order valence-electron chi connectivity index (χ0n) is 24.0. The third-order valence-electron chi connectivity index (χ3n) is 8.76. The number of hydrogen-bond donors (Lipinski definition) is 1. The van der Waals surface area contributed by atoms with Gasteiger partial charge < -0.3 is 5.73 Å². The first-order valence-corrected chi connectivity index (χ1v) is 14.8. The molecule has 0 fully saturated rings. The molecule has 43 heavy (non-hydrogen) atoms. The van der Waals surface area contributed by atoms with Crippen molar-refractivity contribution in [1.82, 2.24) is 0 Å². The molecule has 1 spiro atoms. The third-order valence-corrected chi connectivity index (χ3v) is 8.76. The molecule has 0 heterocycles. The van der Waals surface area contributed by atoms with E-state index in [1.165, 1.54) is 44.2 Å². The van der Waals surface area contributed by atoms with Gasteiger partial charge in [0.15, 0.2) is 0 Å². The molecule has 1 heteroatoms. The molecule has 2 N–H and O–H groups in total. The maximum atomic E-state index is 6.71. The lowest BCUT2D eigenvalue weighted by Gasteiger charge is -2.37. The summed E-state index contributed by atoms with van der Waals surface area (Å²) in [5, 5.41) is 2.45. The van der Waals surface area contributed by atoms with Crippen LogP contribution in [0.5, 0.6) is 0 Å². The van der Waals surface area contributed by atoms with Crippen molar-refractivity contribution in [1.29, 1.82) is 0 Å².